The van der Waals surface area contributed by atoms with E-state index < -0.39 is 5.91 Å². The number of aromatic hydroxyl groups is 1. The Morgan fingerprint density at radius 2 is 2.22 bits per heavy atom. The van der Waals surface area contributed by atoms with E-state index in [1.54, 1.807) is 12.1 Å². The van der Waals surface area contributed by atoms with E-state index in [0.717, 1.165) is 11.8 Å². The van der Waals surface area contributed by atoms with Crippen molar-refractivity contribution in [1.29, 1.82) is 0 Å². The number of carbonyl (C=O) groups is 1. The molecule has 0 unspecified atom stereocenters. The molecule has 0 aliphatic heterocycles. The first-order valence-corrected chi connectivity index (χ1v) is 5.22. The third kappa shape index (κ3) is 2.54. The maximum absolute atomic E-state index is 11.8. The number of nitrogens with one attached hydrogen (secondary N) is 2. The van der Waals surface area contributed by atoms with E-state index in [9.17, 15) is 14.7 Å². The SMILES string of the molecule is Cc1ccc(O)c(NC(=O)c2c[nH]c(=O)cn2)c1. The van der Waals surface area contributed by atoms with Crippen LogP contribution in [0.25, 0.3) is 0 Å². The molecule has 2 aromatic rings. The topological polar surface area (TPSA) is 95.1 Å². The minimum atomic E-state index is -0.507. The van der Waals surface area contributed by atoms with E-state index in [1.807, 2.05) is 6.92 Å². The number of aryl methyl sites for hydroxylation is 1. The number of amides is 1. The molecule has 0 bridgehead atoms. The van der Waals surface area contributed by atoms with E-state index in [-0.39, 0.29) is 17.0 Å². The van der Waals surface area contributed by atoms with Gasteiger partial charge >= 0.3 is 0 Å². The number of carbonyl (C=O) groups excluding carboxylic acids is 1. The van der Waals surface area contributed by atoms with Crippen LogP contribution in [0.3, 0.4) is 0 Å². The van der Waals surface area contributed by atoms with Gasteiger partial charge in [0.25, 0.3) is 11.5 Å². The monoisotopic (exact) mass is 245 g/mol. The van der Waals surface area contributed by atoms with Crippen molar-refractivity contribution in [3.63, 3.8) is 0 Å². The molecule has 0 radical (unpaired) electrons. The van der Waals surface area contributed by atoms with Crippen molar-refractivity contribution in [1.82, 2.24) is 9.97 Å². The number of phenols is 1. The Bertz CT molecular complexity index is 629. The maximum atomic E-state index is 11.8. The highest BCUT2D eigenvalue weighted by Crippen LogP contribution is 2.24. The van der Waals surface area contributed by atoms with Crippen molar-refractivity contribution in [3.8, 4) is 5.75 Å². The average Bonchev–Trinajstić information content (AvgIpc) is 2.34. The number of nitrogens with zero attached hydrogens (tertiary/aromatic N) is 1. The number of aromatic amines is 1. The van der Waals surface area contributed by atoms with Crippen molar-refractivity contribution in [2.24, 2.45) is 0 Å². The van der Waals surface area contributed by atoms with Gasteiger partial charge in [-0.2, -0.15) is 0 Å². The van der Waals surface area contributed by atoms with Crippen molar-refractivity contribution in [2.75, 3.05) is 5.32 Å². The molecule has 0 aliphatic carbocycles. The first-order chi connectivity index (χ1) is 8.56. The normalized spacial score (nSPS) is 10.1. The molecule has 6 nitrogen and oxygen atoms in total. The fourth-order valence-corrected chi connectivity index (χ4v) is 1.40. The van der Waals surface area contributed by atoms with Gasteiger partial charge in [-0.05, 0) is 24.6 Å². The number of benzene rings is 1. The number of rotatable bonds is 2. The minimum Gasteiger partial charge on any atom is -0.506 e. The Morgan fingerprint density at radius 3 is 2.89 bits per heavy atom. The Morgan fingerprint density at radius 1 is 1.44 bits per heavy atom. The summed E-state index contributed by atoms with van der Waals surface area (Å²) in [7, 11) is 0. The molecule has 1 aromatic carbocycles. The molecule has 0 aliphatic rings. The fraction of sp³-hybridized carbons (Fsp3) is 0.0833. The van der Waals surface area contributed by atoms with Crippen molar-refractivity contribution < 1.29 is 9.90 Å². The lowest BCUT2D eigenvalue weighted by Gasteiger charge is -2.07. The van der Waals surface area contributed by atoms with Gasteiger partial charge in [0.1, 0.15) is 11.4 Å². The van der Waals surface area contributed by atoms with Crippen LogP contribution in [0.2, 0.25) is 0 Å². The Hall–Kier alpha value is -2.63. The van der Waals surface area contributed by atoms with Crippen LogP contribution in [0.15, 0.2) is 35.4 Å². The summed E-state index contributed by atoms with van der Waals surface area (Å²) >= 11 is 0. The molecule has 0 saturated carbocycles. The lowest BCUT2D eigenvalue weighted by Crippen LogP contribution is -2.17. The molecule has 1 amide bonds. The first kappa shape index (κ1) is 11.8. The summed E-state index contributed by atoms with van der Waals surface area (Å²) in [5, 5.41) is 12.1. The van der Waals surface area contributed by atoms with E-state index in [0.29, 0.717) is 5.69 Å². The van der Waals surface area contributed by atoms with Crippen LogP contribution < -0.4 is 10.9 Å². The second-order valence-corrected chi connectivity index (χ2v) is 3.77. The maximum Gasteiger partial charge on any atom is 0.275 e. The van der Waals surface area contributed by atoms with E-state index in [2.05, 4.69) is 15.3 Å². The number of hydrogen-bond acceptors (Lipinski definition) is 4. The number of aromatic nitrogens is 2. The molecule has 3 N–H and O–H groups in total. The highest BCUT2D eigenvalue weighted by Gasteiger charge is 2.10. The van der Waals surface area contributed by atoms with Crippen LogP contribution in [-0.4, -0.2) is 21.0 Å². The second kappa shape index (κ2) is 4.70. The van der Waals surface area contributed by atoms with Gasteiger partial charge in [-0.25, -0.2) is 4.98 Å². The summed E-state index contributed by atoms with van der Waals surface area (Å²) < 4.78 is 0. The van der Waals surface area contributed by atoms with Crippen LogP contribution in [0.5, 0.6) is 5.75 Å². The summed E-state index contributed by atoms with van der Waals surface area (Å²) in [6.07, 6.45) is 2.23. The molecular formula is C12H11N3O3. The fourth-order valence-electron chi connectivity index (χ4n) is 1.40. The molecule has 92 valence electrons. The van der Waals surface area contributed by atoms with E-state index >= 15 is 0 Å². The van der Waals surface area contributed by atoms with Gasteiger partial charge in [-0.1, -0.05) is 6.07 Å². The number of hydrogen-bond donors (Lipinski definition) is 3. The highest BCUT2D eigenvalue weighted by molar-refractivity contribution is 6.03. The molecule has 1 heterocycles. The Balaban J connectivity index is 2.23. The zero-order valence-electron chi connectivity index (χ0n) is 9.60. The number of phenolic OH excluding ortho intramolecular Hbond substituents is 1. The smallest absolute Gasteiger partial charge is 0.275 e. The van der Waals surface area contributed by atoms with Crippen LogP contribution in [-0.2, 0) is 0 Å². The number of H-pyrrole nitrogens is 1. The van der Waals surface area contributed by atoms with Crippen molar-refractivity contribution >= 4 is 11.6 Å². The quantitative estimate of drug-likeness (QED) is 0.689. The Labute approximate surface area is 102 Å². The summed E-state index contributed by atoms with van der Waals surface area (Å²) in [5.74, 6) is -0.537. The zero-order chi connectivity index (χ0) is 13.1. The summed E-state index contributed by atoms with van der Waals surface area (Å²) in [5.41, 5.74) is 0.881. The van der Waals surface area contributed by atoms with E-state index in [1.165, 1.54) is 12.3 Å². The van der Waals surface area contributed by atoms with Crippen LogP contribution in [0.4, 0.5) is 5.69 Å². The number of anilines is 1. The third-order valence-electron chi connectivity index (χ3n) is 2.30. The van der Waals surface area contributed by atoms with Gasteiger partial charge < -0.3 is 15.4 Å². The molecule has 0 atom stereocenters. The first-order valence-electron chi connectivity index (χ1n) is 5.22. The van der Waals surface area contributed by atoms with Crippen molar-refractivity contribution in [3.05, 3.63) is 52.2 Å². The molecule has 2 rings (SSSR count). The molecule has 0 spiro atoms. The summed E-state index contributed by atoms with van der Waals surface area (Å²) in [6, 6.07) is 4.85. The highest BCUT2D eigenvalue weighted by atomic mass is 16.3. The van der Waals surface area contributed by atoms with Crippen LogP contribution >= 0.6 is 0 Å². The van der Waals surface area contributed by atoms with Crippen molar-refractivity contribution in [2.45, 2.75) is 6.92 Å². The zero-order valence-corrected chi connectivity index (χ0v) is 9.60. The molecular weight excluding hydrogens is 234 g/mol. The summed E-state index contributed by atoms with van der Waals surface area (Å²) in [6.45, 7) is 1.84. The van der Waals surface area contributed by atoms with Gasteiger partial charge in [0.2, 0.25) is 0 Å². The molecule has 0 saturated heterocycles. The predicted octanol–water partition coefficient (Wildman–Crippen LogP) is 1.04. The average molecular weight is 245 g/mol. The van der Waals surface area contributed by atoms with Gasteiger partial charge in [0.15, 0.2) is 0 Å². The standard InChI is InChI=1S/C12H11N3O3/c1-7-2-3-10(16)8(4-7)15-12(18)9-5-14-11(17)6-13-9/h2-6,16H,1H3,(H,14,17)(H,15,18). The van der Waals surface area contributed by atoms with Crippen LogP contribution in [0.1, 0.15) is 16.1 Å². The molecule has 18 heavy (non-hydrogen) atoms. The minimum absolute atomic E-state index is 0.0293. The lowest BCUT2D eigenvalue weighted by molar-refractivity contribution is 0.102. The van der Waals surface area contributed by atoms with E-state index in [4.69, 9.17) is 0 Å². The molecule has 0 fully saturated rings. The van der Waals surface area contributed by atoms with Gasteiger partial charge in [0, 0.05) is 6.20 Å². The van der Waals surface area contributed by atoms with Crippen LogP contribution in [0, 0.1) is 6.92 Å². The lowest BCUT2D eigenvalue weighted by atomic mass is 10.2. The van der Waals surface area contributed by atoms with Gasteiger partial charge in [-0.3, -0.25) is 9.59 Å². The van der Waals surface area contributed by atoms with Gasteiger partial charge in [0.05, 0.1) is 11.9 Å². The predicted molar refractivity (Wildman–Crippen MR) is 65.7 cm³/mol. The molecule has 6 heteroatoms. The largest absolute Gasteiger partial charge is 0.506 e. The second-order valence-electron chi connectivity index (χ2n) is 3.77. The molecule has 1 aromatic heterocycles. The van der Waals surface area contributed by atoms with Gasteiger partial charge in [-0.15, -0.1) is 0 Å². The summed E-state index contributed by atoms with van der Waals surface area (Å²) in [4.78, 5) is 28.6. The third-order valence-corrected chi connectivity index (χ3v) is 2.30. The Kier molecular flexibility index (Phi) is 3.09.